The normalized spacial score (nSPS) is 18.2. The molecule has 1 unspecified atom stereocenters. The Bertz CT molecular complexity index is 998. The maximum Gasteiger partial charge on any atom is 0.261 e. The second kappa shape index (κ2) is 10.0. The van der Waals surface area contributed by atoms with Crippen LogP contribution in [0.4, 0.5) is 0 Å². The summed E-state index contributed by atoms with van der Waals surface area (Å²) in [5.41, 5.74) is 1.10. The fraction of sp³-hybridized carbons (Fsp3) is 0.480. The highest BCUT2D eigenvalue weighted by atomic mass is 32.2. The van der Waals surface area contributed by atoms with Crippen molar-refractivity contribution in [2.24, 2.45) is 5.92 Å². The first kappa shape index (κ1) is 22.8. The molecule has 1 aliphatic heterocycles. The van der Waals surface area contributed by atoms with Crippen LogP contribution in [0, 0.1) is 5.92 Å². The fourth-order valence-corrected chi connectivity index (χ4v) is 5.78. The average molecular weight is 457 g/mol. The highest BCUT2D eigenvalue weighted by Gasteiger charge is 2.34. The molecule has 1 saturated heterocycles. The van der Waals surface area contributed by atoms with E-state index in [4.69, 9.17) is 4.74 Å². The minimum Gasteiger partial charge on any atom is -0.484 e. The summed E-state index contributed by atoms with van der Waals surface area (Å²) in [4.78, 5) is 15.2. The zero-order chi connectivity index (χ0) is 22.6. The van der Waals surface area contributed by atoms with Crippen molar-refractivity contribution in [3.8, 4) is 5.75 Å². The number of hydrogen-bond donors (Lipinski definition) is 0. The van der Waals surface area contributed by atoms with E-state index < -0.39 is 10.0 Å². The number of benzene rings is 2. The minimum atomic E-state index is -3.47. The molecule has 0 bridgehead atoms. The Hall–Kier alpha value is -2.38. The SMILES string of the molecule is CC(C1CC1)N(Cc1ccccc1)C(=O)COc1ccc(S(=O)(=O)N2CCCCC2)cc1. The molecule has 1 amide bonds. The molecule has 2 fully saturated rings. The van der Waals surface area contributed by atoms with Gasteiger partial charge in [-0.2, -0.15) is 4.31 Å². The predicted octanol–water partition coefficient (Wildman–Crippen LogP) is 4.07. The maximum absolute atomic E-state index is 13.0. The number of ether oxygens (including phenoxy) is 1. The van der Waals surface area contributed by atoms with Gasteiger partial charge in [-0.3, -0.25) is 4.79 Å². The second-order valence-corrected chi connectivity index (χ2v) is 10.7. The highest BCUT2D eigenvalue weighted by Crippen LogP contribution is 2.35. The summed E-state index contributed by atoms with van der Waals surface area (Å²) in [5.74, 6) is 0.995. The molecule has 7 heteroatoms. The number of hydrogen-bond acceptors (Lipinski definition) is 4. The van der Waals surface area contributed by atoms with E-state index in [1.165, 1.54) is 0 Å². The summed E-state index contributed by atoms with van der Waals surface area (Å²) >= 11 is 0. The van der Waals surface area contributed by atoms with Crippen LogP contribution in [0.2, 0.25) is 0 Å². The average Bonchev–Trinajstić information content (AvgIpc) is 3.68. The first-order chi connectivity index (χ1) is 15.4. The van der Waals surface area contributed by atoms with Crippen LogP contribution in [0.3, 0.4) is 0 Å². The molecular weight excluding hydrogens is 424 g/mol. The quantitative estimate of drug-likeness (QED) is 0.571. The van der Waals surface area contributed by atoms with Crippen molar-refractivity contribution in [2.45, 2.75) is 56.5 Å². The van der Waals surface area contributed by atoms with Gasteiger partial charge in [0.05, 0.1) is 4.90 Å². The predicted molar refractivity (Wildman–Crippen MR) is 124 cm³/mol. The van der Waals surface area contributed by atoms with Crippen LogP contribution >= 0.6 is 0 Å². The van der Waals surface area contributed by atoms with Crippen LogP contribution in [0.1, 0.15) is 44.6 Å². The topological polar surface area (TPSA) is 66.9 Å². The van der Waals surface area contributed by atoms with Gasteiger partial charge in [-0.05, 0) is 68.4 Å². The van der Waals surface area contributed by atoms with E-state index in [-0.39, 0.29) is 23.5 Å². The Morgan fingerprint density at radius 2 is 1.69 bits per heavy atom. The summed E-state index contributed by atoms with van der Waals surface area (Å²) < 4.78 is 32.9. The zero-order valence-corrected chi connectivity index (χ0v) is 19.5. The molecule has 2 aromatic carbocycles. The van der Waals surface area contributed by atoms with Crippen molar-refractivity contribution < 1.29 is 17.9 Å². The Kier molecular flexibility index (Phi) is 7.16. The van der Waals surface area contributed by atoms with Crippen molar-refractivity contribution in [1.82, 2.24) is 9.21 Å². The second-order valence-electron chi connectivity index (χ2n) is 8.81. The van der Waals surface area contributed by atoms with Crippen LogP contribution in [0.15, 0.2) is 59.5 Å². The smallest absolute Gasteiger partial charge is 0.261 e. The molecule has 172 valence electrons. The molecule has 0 radical (unpaired) electrons. The summed E-state index contributed by atoms with van der Waals surface area (Å²) in [6, 6.07) is 16.6. The van der Waals surface area contributed by atoms with Gasteiger partial charge < -0.3 is 9.64 Å². The van der Waals surface area contributed by atoms with Crippen molar-refractivity contribution in [3.63, 3.8) is 0 Å². The van der Waals surface area contributed by atoms with Gasteiger partial charge in [0.15, 0.2) is 6.61 Å². The van der Waals surface area contributed by atoms with Gasteiger partial charge in [-0.15, -0.1) is 0 Å². The molecule has 1 heterocycles. The van der Waals surface area contributed by atoms with Crippen LogP contribution in [0.25, 0.3) is 0 Å². The first-order valence-corrected chi connectivity index (χ1v) is 13.0. The largest absolute Gasteiger partial charge is 0.484 e. The fourth-order valence-electron chi connectivity index (χ4n) is 4.26. The number of sulfonamides is 1. The Labute approximate surface area is 191 Å². The number of carbonyl (C=O) groups excluding carboxylic acids is 1. The van der Waals surface area contributed by atoms with Gasteiger partial charge in [0.2, 0.25) is 10.0 Å². The minimum absolute atomic E-state index is 0.0572. The van der Waals surface area contributed by atoms with E-state index in [0.29, 0.717) is 31.3 Å². The lowest BCUT2D eigenvalue weighted by atomic mass is 10.1. The molecule has 0 aromatic heterocycles. The van der Waals surface area contributed by atoms with Crippen LogP contribution in [-0.2, 0) is 21.4 Å². The standard InChI is InChI=1S/C25H32N2O4S/c1-20(22-10-11-22)27(18-21-8-4-2-5-9-21)25(28)19-31-23-12-14-24(15-13-23)32(29,30)26-16-6-3-7-17-26/h2,4-5,8-9,12-15,20,22H,3,6-7,10-11,16-19H2,1H3. The van der Waals surface area contributed by atoms with Crippen LogP contribution in [-0.4, -0.2) is 49.3 Å². The van der Waals surface area contributed by atoms with E-state index in [9.17, 15) is 13.2 Å². The molecule has 0 N–H and O–H groups in total. The summed E-state index contributed by atoms with van der Waals surface area (Å²) in [5, 5.41) is 0. The molecule has 32 heavy (non-hydrogen) atoms. The van der Waals surface area contributed by atoms with E-state index in [1.807, 2.05) is 35.2 Å². The Morgan fingerprint density at radius 1 is 1.03 bits per heavy atom. The third kappa shape index (κ3) is 5.51. The van der Waals surface area contributed by atoms with Crippen molar-refractivity contribution >= 4 is 15.9 Å². The number of nitrogens with zero attached hydrogens (tertiary/aromatic N) is 2. The highest BCUT2D eigenvalue weighted by molar-refractivity contribution is 7.89. The molecular formula is C25H32N2O4S. The summed E-state index contributed by atoms with van der Waals surface area (Å²) in [6.45, 7) is 3.76. The molecule has 1 aliphatic carbocycles. The van der Waals surface area contributed by atoms with Crippen LogP contribution < -0.4 is 4.74 Å². The Morgan fingerprint density at radius 3 is 2.31 bits per heavy atom. The molecule has 0 spiro atoms. The lowest BCUT2D eigenvalue weighted by molar-refractivity contribution is -0.136. The maximum atomic E-state index is 13.0. The molecule has 2 aliphatic rings. The monoisotopic (exact) mass is 456 g/mol. The van der Waals surface area contributed by atoms with Gasteiger partial charge in [0, 0.05) is 25.7 Å². The molecule has 1 saturated carbocycles. The lowest BCUT2D eigenvalue weighted by Crippen LogP contribution is -2.42. The van der Waals surface area contributed by atoms with Crippen molar-refractivity contribution in [2.75, 3.05) is 19.7 Å². The zero-order valence-electron chi connectivity index (χ0n) is 18.7. The van der Waals surface area contributed by atoms with Gasteiger partial charge in [-0.25, -0.2) is 8.42 Å². The molecule has 4 rings (SSSR count). The van der Waals surface area contributed by atoms with E-state index in [0.717, 1.165) is 37.7 Å². The number of piperidine rings is 1. The van der Waals surface area contributed by atoms with Gasteiger partial charge in [0.25, 0.3) is 5.91 Å². The van der Waals surface area contributed by atoms with Gasteiger partial charge >= 0.3 is 0 Å². The first-order valence-electron chi connectivity index (χ1n) is 11.5. The van der Waals surface area contributed by atoms with Crippen molar-refractivity contribution in [3.05, 3.63) is 60.2 Å². The lowest BCUT2D eigenvalue weighted by Gasteiger charge is -2.29. The van der Waals surface area contributed by atoms with E-state index >= 15 is 0 Å². The van der Waals surface area contributed by atoms with Crippen LogP contribution in [0.5, 0.6) is 5.75 Å². The number of amides is 1. The number of rotatable bonds is 9. The molecule has 1 atom stereocenters. The molecule has 6 nitrogen and oxygen atoms in total. The third-order valence-corrected chi connectivity index (χ3v) is 8.36. The van der Waals surface area contributed by atoms with E-state index in [2.05, 4.69) is 6.92 Å². The Balaban J connectivity index is 1.38. The van der Waals surface area contributed by atoms with Crippen molar-refractivity contribution in [1.29, 1.82) is 0 Å². The number of carbonyl (C=O) groups is 1. The summed E-state index contributed by atoms with van der Waals surface area (Å²) in [7, 11) is -3.47. The third-order valence-electron chi connectivity index (χ3n) is 6.45. The van der Waals surface area contributed by atoms with E-state index in [1.54, 1.807) is 28.6 Å². The molecule has 2 aromatic rings. The van der Waals surface area contributed by atoms with Gasteiger partial charge in [0.1, 0.15) is 5.75 Å². The van der Waals surface area contributed by atoms with Gasteiger partial charge in [-0.1, -0.05) is 36.8 Å². The summed E-state index contributed by atoms with van der Waals surface area (Å²) in [6.07, 6.45) is 5.21.